The zero-order chi connectivity index (χ0) is 19.7. The summed E-state index contributed by atoms with van der Waals surface area (Å²) in [4.78, 5) is 17.6. The molecular formula is C20H23BrN2O3S2. The van der Waals surface area contributed by atoms with Crippen LogP contribution in [-0.4, -0.2) is 29.9 Å². The average Bonchev–Trinajstić information content (AvgIpc) is 2.91. The van der Waals surface area contributed by atoms with Gasteiger partial charge in [-0.25, -0.2) is 13.4 Å². The summed E-state index contributed by atoms with van der Waals surface area (Å²) in [5.74, 6) is 1.54. The first-order valence-electron chi connectivity index (χ1n) is 9.71. The molecule has 0 saturated heterocycles. The van der Waals surface area contributed by atoms with Gasteiger partial charge >= 0.3 is 0 Å². The summed E-state index contributed by atoms with van der Waals surface area (Å²) in [6.45, 7) is 0. The predicted molar refractivity (Wildman–Crippen MR) is 115 cm³/mol. The number of hydrogen-bond acceptors (Lipinski definition) is 5. The molecule has 2 unspecified atom stereocenters. The summed E-state index contributed by atoms with van der Waals surface area (Å²) < 4.78 is 24.5. The lowest BCUT2D eigenvalue weighted by Crippen LogP contribution is -2.53. The van der Waals surface area contributed by atoms with Gasteiger partial charge in [-0.3, -0.25) is 4.79 Å². The number of sulfone groups is 1. The number of anilines is 1. The molecule has 1 N–H and O–H groups in total. The first-order valence-corrected chi connectivity index (χ1v) is 13.2. The maximum atomic E-state index is 12.8. The fraction of sp³-hybridized carbons (Fsp3) is 0.600. The lowest BCUT2D eigenvalue weighted by Gasteiger charge is -2.60. The van der Waals surface area contributed by atoms with Gasteiger partial charge in [0, 0.05) is 17.0 Å². The number of hydrogen-bond donors (Lipinski definition) is 1. The molecule has 8 heteroatoms. The molecule has 1 amide bonds. The van der Waals surface area contributed by atoms with Gasteiger partial charge in [0.25, 0.3) is 0 Å². The molecule has 28 heavy (non-hydrogen) atoms. The number of amides is 1. The van der Waals surface area contributed by atoms with Crippen molar-refractivity contribution in [2.75, 3.05) is 11.6 Å². The summed E-state index contributed by atoms with van der Waals surface area (Å²) in [5, 5.41) is 3.53. The molecule has 4 aliphatic carbocycles. The maximum Gasteiger partial charge on any atom is 0.226 e. The molecule has 4 atom stereocenters. The third-order valence-corrected chi connectivity index (χ3v) is 9.65. The molecule has 4 fully saturated rings. The lowest BCUT2D eigenvalue weighted by atomic mass is 9.48. The predicted octanol–water partition coefficient (Wildman–Crippen LogP) is 4.76. The van der Waals surface area contributed by atoms with Crippen LogP contribution >= 0.6 is 27.3 Å². The Morgan fingerprint density at radius 2 is 2.00 bits per heavy atom. The minimum atomic E-state index is -3.26. The molecular weight excluding hydrogens is 460 g/mol. The van der Waals surface area contributed by atoms with E-state index in [4.69, 9.17) is 0 Å². The summed E-state index contributed by atoms with van der Waals surface area (Å²) >= 11 is 5.33. The smallest absolute Gasteiger partial charge is 0.226 e. The number of nitrogens with zero attached hydrogens (tertiary/aromatic N) is 1. The number of fused-ring (bicyclic) bond motifs is 1. The number of carbonyl (C=O) groups excluding carboxylic acids is 1. The van der Waals surface area contributed by atoms with Crippen LogP contribution < -0.4 is 5.32 Å². The second kappa shape index (κ2) is 6.25. The zero-order valence-corrected chi connectivity index (χ0v) is 18.9. The molecule has 5 nitrogen and oxygen atoms in total. The number of carbonyl (C=O) groups is 1. The van der Waals surface area contributed by atoms with Gasteiger partial charge in [0.2, 0.25) is 5.91 Å². The van der Waals surface area contributed by atoms with Crippen LogP contribution in [0.4, 0.5) is 5.13 Å². The number of nitrogens with one attached hydrogen (secondary N) is 1. The van der Waals surface area contributed by atoms with Crippen molar-refractivity contribution in [2.45, 2.75) is 54.2 Å². The Morgan fingerprint density at radius 1 is 1.29 bits per heavy atom. The monoisotopic (exact) mass is 482 g/mol. The Hall–Kier alpha value is -0.990. The van der Waals surface area contributed by atoms with Crippen LogP contribution in [-0.2, 0) is 14.6 Å². The van der Waals surface area contributed by atoms with Crippen LogP contribution in [0, 0.1) is 17.3 Å². The minimum Gasteiger partial charge on any atom is -0.302 e. The summed E-state index contributed by atoms with van der Waals surface area (Å²) in [6, 6.07) is 4.89. The average molecular weight is 483 g/mol. The number of aromatic nitrogens is 1. The van der Waals surface area contributed by atoms with Crippen LogP contribution in [0.3, 0.4) is 0 Å². The van der Waals surface area contributed by atoms with Gasteiger partial charge in [-0.15, -0.1) is 0 Å². The number of alkyl halides is 1. The van der Waals surface area contributed by atoms with Gasteiger partial charge in [-0.05, 0) is 74.0 Å². The van der Waals surface area contributed by atoms with Gasteiger partial charge in [0.05, 0.1) is 15.1 Å². The molecule has 1 aromatic heterocycles. The number of benzene rings is 1. The van der Waals surface area contributed by atoms with E-state index in [1.807, 2.05) is 0 Å². The molecule has 4 saturated carbocycles. The van der Waals surface area contributed by atoms with E-state index >= 15 is 0 Å². The SMILES string of the molecule is CS(=O)(=O)c1ccc2nc(NC(=O)CC34C[C@@H]5C[C@@H](CC(Br)(C5)C3)C4)sc2c1. The second-order valence-electron chi connectivity index (χ2n) is 9.26. The highest BCUT2D eigenvalue weighted by Gasteiger charge is 2.57. The van der Waals surface area contributed by atoms with Crippen LogP contribution in [0.25, 0.3) is 10.2 Å². The molecule has 2 aromatic rings. The van der Waals surface area contributed by atoms with E-state index in [1.165, 1.54) is 49.7 Å². The van der Waals surface area contributed by atoms with Crippen LogP contribution in [0.15, 0.2) is 23.1 Å². The lowest BCUT2D eigenvalue weighted by molar-refractivity contribution is -0.123. The standard InChI is InChI=1S/C20H23BrN2O3S2/c1-28(25,26)14-2-3-15-16(5-14)27-18(22-15)23-17(24)10-19-6-12-4-13(7-19)9-20(21,8-12)11-19/h2-3,5,12-13H,4,6-11H2,1H3,(H,22,23,24)/t12-,13+,19?,20?. The highest BCUT2D eigenvalue weighted by Crippen LogP contribution is 2.65. The Labute approximate surface area is 177 Å². The molecule has 4 aliphatic rings. The zero-order valence-electron chi connectivity index (χ0n) is 15.7. The van der Waals surface area contributed by atoms with Crippen molar-refractivity contribution in [1.29, 1.82) is 0 Å². The normalized spacial score (nSPS) is 34.1. The van der Waals surface area contributed by atoms with Crippen molar-refractivity contribution >= 4 is 58.4 Å². The molecule has 1 aromatic carbocycles. The highest BCUT2D eigenvalue weighted by atomic mass is 79.9. The molecule has 0 radical (unpaired) electrons. The molecule has 150 valence electrons. The molecule has 6 rings (SSSR count). The quantitative estimate of drug-likeness (QED) is 0.637. The molecule has 4 bridgehead atoms. The summed E-state index contributed by atoms with van der Waals surface area (Å²) in [5.41, 5.74) is 0.833. The van der Waals surface area contributed by atoms with E-state index in [0.29, 0.717) is 17.1 Å². The van der Waals surface area contributed by atoms with Crippen molar-refractivity contribution < 1.29 is 13.2 Å². The second-order valence-corrected chi connectivity index (χ2v) is 14.0. The van der Waals surface area contributed by atoms with Crippen LogP contribution in [0.1, 0.15) is 44.9 Å². The fourth-order valence-electron chi connectivity index (χ4n) is 6.24. The van der Waals surface area contributed by atoms with Gasteiger partial charge in [-0.2, -0.15) is 0 Å². The van der Waals surface area contributed by atoms with E-state index < -0.39 is 9.84 Å². The Bertz CT molecular complexity index is 1060. The Kier molecular flexibility index (Phi) is 4.24. The molecule has 1 heterocycles. The third-order valence-electron chi connectivity index (χ3n) is 6.68. The van der Waals surface area contributed by atoms with E-state index in [0.717, 1.165) is 23.0 Å². The Morgan fingerprint density at radius 3 is 2.64 bits per heavy atom. The summed E-state index contributed by atoms with van der Waals surface area (Å²) in [7, 11) is -3.26. The van der Waals surface area contributed by atoms with Crippen molar-refractivity contribution in [3.63, 3.8) is 0 Å². The van der Waals surface area contributed by atoms with Gasteiger partial charge in [0.15, 0.2) is 15.0 Å². The van der Waals surface area contributed by atoms with Gasteiger partial charge < -0.3 is 5.32 Å². The van der Waals surface area contributed by atoms with Crippen molar-refractivity contribution in [2.24, 2.45) is 17.3 Å². The van der Waals surface area contributed by atoms with E-state index in [9.17, 15) is 13.2 Å². The molecule has 0 spiro atoms. The minimum absolute atomic E-state index is 0.0282. The number of halogens is 1. The topological polar surface area (TPSA) is 76.1 Å². The first kappa shape index (κ1) is 19.0. The maximum absolute atomic E-state index is 12.8. The largest absolute Gasteiger partial charge is 0.302 e. The van der Waals surface area contributed by atoms with Gasteiger partial charge in [0.1, 0.15) is 0 Å². The van der Waals surface area contributed by atoms with Gasteiger partial charge in [-0.1, -0.05) is 27.3 Å². The van der Waals surface area contributed by atoms with Crippen molar-refractivity contribution in [3.05, 3.63) is 18.2 Å². The number of thiazole rings is 1. The van der Waals surface area contributed by atoms with Crippen LogP contribution in [0.5, 0.6) is 0 Å². The number of rotatable bonds is 4. The highest BCUT2D eigenvalue weighted by molar-refractivity contribution is 9.10. The summed E-state index contributed by atoms with van der Waals surface area (Å²) in [6.07, 6.45) is 9.03. The fourth-order valence-corrected chi connectivity index (χ4v) is 9.39. The van der Waals surface area contributed by atoms with E-state index in [2.05, 4.69) is 26.2 Å². The van der Waals surface area contributed by atoms with Crippen LogP contribution in [0.2, 0.25) is 0 Å². The van der Waals surface area contributed by atoms with E-state index in [1.54, 1.807) is 18.2 Å². The van der Waals surface area contributed by atoms with Crippen molar-refractivity contribution in [1.82, 2.24) is 4.98 Å². The molecule has 0 aliphatic heterocycles. The van der Waals surface area contributed by atoms with Crippen molar-refractivity contribution in [3.8, 4) is 0 Å². The van der Waals surface area contributed by atoms with E-state index in [-0.39, 0.29) is 20.5 Å². The Balaban J connectivity index is 1.33. The third kappa shape index (κ3) is 3.41. The first-order chi connectivity index (χ1) is 13.1.